The third kappa shape index (κ3) is 3.20. The zero-order chi connectivity index (χ0) is 17.1. The summed E-state index contributed by atoms with van der Waals surface area (Å²) in [5, 5.41) is 0. The van der Waals surface area contributed by atoms with Crippen molar-refractivity contribution in [1.29, 1.82) is 0 Å². The number of imidazole rings is 1. The number of hydrogen-bond donors (Lipinski definition) is 1. The fourth-order valence-corrected chi connectivity index (χ4v) is 3.03. The van der Waals surface area contributed by atoms with Crippen LogP contribution in [-0.4, -0.2) is 76.7 Å². The molecular weight excluding hydrogens is 308 g/mol. The summed E-state index contributed by atoms with van der Waals surface area (Å²) in [6, 6.07) is 1.78. The number of ether oxygens (including phenoxy) is 1. The van der Waals surface area contributed by atoms with Crippen LogP contribution in [0.2, 0.25) is 0 Å². The summed E-state index contributed by atoms with van der Waals surface area (Å²) in [5.74, 6) is 0.428. The van der Waals surface area contributed by atoms with Crippen LogP contribution in [0.25, 0.3) is 11.2 Å². The standard InChI is InChI=1S/C16H24N6O2/c1-3-22-14-13(19-16(22)17)10-12(11-18-14)15(23)21-6-4-20(5-7-21)8-9-24-2/h10-11H,3-9H2,1-2H3,(H2,17,19). The van der Waals surface area contributed by atoms with Gasteiger partial charge in [-0.05, 0) is 13.0 Å². The van der Waals surface area contributed by atoms with Gasteiger partial charge in [0.1, 0.15) is 5.52 Å². The van der Waals surface area contributed by atoms with Crippen molar-refractivity contribution in [2.75, 3.05) is 52.2 Å². The number of nitrogen functional groups attached to an aromatic ring is 1. The van der Waals surface area contributed by atoms with E-state index in [1.165, 1.54) is 0 Å². The Labute approximate surface area is 141 Å². The van der Waals surface area contributed by atoms with Crippen LogP contribution < -0.4 is 5.73 Å². The lowest BCUT2D eigenvalue weighted by Crippen LogP contribution is -2.49. The van der Waals surface area contributed by atoms with Crippen LogP contribution in [0.5, 0.6) is 0 Å². The maximum Gasteiger partial charge on any atom is 0.255 e. The number of carbonyl (C=O) groups excluding carboxylic acids is 1. The summed E-state index contributed by atoms with van der Waals surface area (Å²) in [4.78, 5) is 25.6. The summed E-state index contributed by atoms with van der Waals surface area (Å²) < 4.78 is 6.93. The number of nitrogens with zero attached hydrogens (tertiary/aromatic N) is 5. The van der Waals surface area contributed by atoms with Crippen LogP contribution in [0.15, 0.2) is 12.3 Å². The quantitative estimate of drug-likeness (QED) is 0.854. The Morgan fingerprint density at radius 2 is 2.08 bits per heavy atom. The fourth-order valence-electron chi connectivity index (χ4n) is 3.03. The Kier molecular flexibility index (Phi) is 4.96. The van der Waals surface area contributed by atoms with E-state index < -0.39 is 0 Å². The largest absolute Gasteiger partial charge is 0.383 e. The molecule has 130 valence electrons. The van der Waals surface area contributed by atoms with Gasteiger partial charge in [-0.2, -0.15) is 0 Å². The van der Waals surface area contributed by atoms with Crippen molar-refractivity contribution in [3.63, 3.8) is 0 Å². The molecule has 1 saturated heterocycles. The number of nitrogens with two attached hydrogens (primary N) is 1. The lowest BCUT2D eigenvalue weighted by atomic mass is 10.2. The predicted molar refractivity (Wildman–Crippen MR) is 91.8 cm³/mol. The van der Waals surface area contributed by atoms with Crippen molar-refractivity contribution in [2.24, 2.45) is 0 Å². The van der Waals surface area contributed by atoms with E-state index in [-0.39, 0.29) is 5.91 Å². The van der Waals surface area contributed by atoms with E-state index in [0.717, 1.165) is 31.9 Å². The number of carbonyl (C=O) groups is 1. The predicted octanol–water partition coefficient (Wildman–Crippen LogP) is 0.438. The van der Waals surface area contributed by atoms with Crippen LogP contribution in [0.1, 0.15) is 17.3 Å². The minimum atomic E-state index is 0.000381. The second-order valence-corrected chi connectivity index (χ2v) is 5.91. The third-order valence-electron chi connectivity index (χ3n) is 4.45. The number of piperazine rings is 1. The molecule has 8 nitrogen and oxygen atoms in total. The highest BCUT2D eigenvalue weighted by molar-refractivity contribution is 5.96. The van der Waals surface area contributed by atoms with Gasteiger partial charge in [0.2, 0.25) is 5.95 Å². The van der Waals surface area contributed by atoms with E-state index in [9.17, 15) is 4.79 Å². The molecule has 24 heavy (non-hydrogen) atoms. The molecule has 0 bridgehead atoms. The number of amides is 1. The van der Waals surface area contributed by atoms with Crippen molar-refractivity contribution in [3.8, 4) is 0 Å². The Morgan fingerprint density at radius 1 is 1.33 bits per heavy atom. The van der Waals surface area contributed by atoms with Crippen molar-refractivity contribution in [3.05, 3.63) is 17.8 Å². The third-order valence-corrected chi connectivity index (χ3v) is 4.45. The zero-order valence-electron chi connectivity index (χ0n) is 14.2. The van der Waals surface area contributed by atoms with Crippen LogP contribution >= 0.6 is 0 Å². The van der Waals surface area contributed by atoms with Gasteiger partial charge < -0.3 is 15.4 Å². The van der Waals surface area contributed by atoms with E-state index in [1.807, 2.05) is 16.4 Å². The SMILES string of the molecule is CCn1c(N)nc2cc(C(=O)N3CCN(CCOC)CC3)cnc21. The number of aryl methyl sites for hydroxylation is 1. The molecule has 1 aliphatic heterocycles. The Morgan fingerprint density at radius 3 is 2.75 bits per heavy atom. The number of fused-ring (bicyclic) bond motifs is 1. The molecule has 0 aliphatic carbocycles. The van der Waals surface area contributed by atoms with Gasteiger partial charge in [-0.1, -0.05) is 0 Å². The summed E-state index contributed by atoms with van der Waals surface area (Å²) in [6.45, 7) is 7.46. The van der Waals surface area contributed by atoms with Gasteiger partial charge >= 0.3 is 0 Å². The van der Waals surface area contributed by atoms with Gasteiger partial charge in [-0.15, -0.1) is 0 Å². The number of methoxy groups -OCH3 is 1. The van der Waals surface area contributed by atoms with E-state index >= 15 is 0 Å². The Balaban J connectivity index is 1.70. The zero-order valence-corrected chi connectivity index (χ0v) is 14.2. The summed E-state index contributed by atoms with van der Waals surface area (Å²) in [7, 11) is 1.70. The molecule has 2 aromatic heterocycles. The topological polar surface area (TPSA) is 89.5 Å². The molecule has 2 N–H and O–H groups in total. The lowest BCUT2D eigenvalue weighted by Gasteiger charge is -2.34. The van der Waals surface area contributed by atoms with E-state index in [2.05, 4.69) is 14.9 Å². The first-order valence-corrected chi connectivity index (χ1v) is 8.26. The minimum absolute atomic E-state index is 0.000381. The van der Waals surface area contributed by atoms with Crippen LogP contribution in [0.3, 0.4) is 0 Å². The average molecular weight is 332 g/mol. The van der Waals surface area contributed by atoms with Gasteiger partial charge in [0, 0.05) is 52.6 Å². The highest BCUT2D eigenvalue weighted by atomic mass is 16.5. The Bertz CT molecular complexity index is 721. The molecule has 0 atom stereocenters. The molecule has 0 saturated carbocycles. The average Bonchev–Trinajstić information content (AvgIpc) is 2.93. The highest BCUT2D eigenvalue weighted by Gasteiger charge is 2.23. The summed E-state index contributed by atoms with van der Waals surface area (Å²) >= 11 is 0. The molecule has 8 heteroatoms. The first-order chi connectivity index (χ1) is 11.6. The van der Waals surface area contributed by atoms with Crippen molar-refractivity contribution < 1.29 is 9.53 Å². The maximum atomic E-state index is 12.7. The second-order valence-electron chi connectivity index (χ2n) is 5.91. The number of rotatable bonds is 5. The molecule has 1 aliphatic rings. The molecule has 0 spiro atoms. The first-order valence-electron chi connectivity index (χ1n) is 8.26. The molecule has 0 radical (unpaired) electrons. The Hall–Kier alpha value is -2.19. The lowest BCUT2D eigenvalue weighted by molar-refractivity contribution is 0.0594. The highest BCUT2D eigenvalue weighted by Crippen LogP contribution is 2.18. The van der Waals surface area contributed by atoms with Crippen LogP contribution in [0.4, 0.5) is 5.95 Å². The maximum absolute atomic E-state index is 12.7. The van der Waals surface area contributed by atoms with Crippen LogP contribution in [0, 0.1) is 0 Å². The summed E-state index contributed by atoms with van der Waals surface area (Å²) in [5.41, 5.74) is 7.84. The minimum Gasteiger partial charge on any atom is -0.383 e. The van der Waals surface area contributed by atoms with Gasteiger partial charge in [-0.25, -0.2) is 9.97 Å². The smallest absolute Gasteiger partial charge is 0.255 e. The van der Waals surface area contributed by atoms with E-state index in [1.54, 1.807) is 19.4 Å². The van der Waals surface area contributed by atoms with E-state index in [4.69, 9.17) is 10.5 Å². The van der Waals surface area contributed by atoms with E-state index in [0.29, 0.717) is 36.7 Å². The fraction of sp³-hybridized carbons (Fsp3) is 0.562. The number of aromatic nitrogens is 3. The number of anilines is 1. The van der Waals surface area contributed by atoms with Crippen LogP contribution in [-0.2, 0) is 11.3 Å². The second kappa shape index (κ2) is 7.14. The monoisotopic (exact) mass is 332 g/mol. The van der Waals surface area contributed by atoms with Gasteiger partial charge in [0.25, 0.3) is 5.91 Å². The van der Waals surface area contributed by atoms with Crippen molar-refractivity contribution >= 4 is 23.0 Å². The first kappa shape index (κ1) is 16.7. The van der Waals surface area contributed by atoms with Crippen molar-refractivity contribution in [2.45, 2.75) is 13.5 Å². The molecule has 2 aromatic rings. The molecule has 1 amide bonds. The number of pyridine rings is 1. The molecule has 0 aromatic carbocycles. The van der Waals surface area contributed by atoms with Crippen molar-refractivity contribution in [1.82, 2.24) is 24.3 Å². The molecular formula is C16H24N6O2. The van der Waals surface area contributed by atoms with Gasteiger partial charge in [0.15, 0.2) is 5.65 Å². The van der Waals surface area contributed by atoms with Gasteiger partial charge in [0.05, 0.1) is 12.2 Å². The molecule has 0 unspecified atom stereocenters. The molecule has 1 fully saturated rings. The normalized spacial score (nSPS) is 16.0. The molecule has 3 heterocycles. The van der Waals surface area contributed by atoms with Gasteiger partial charge in [-0.3, -0.25) is 14.3 Å². The molecule has 3 rings (SSSR count). The summed E-state index contributed by atoms with van der Waals surface area (Å²) in [6.07, 6.45) is 1.62. The number of hydrogen-bond acceptors (Lipinski definition) is 6.